The fourth-order valence-corrected chi connectivity index (χ4v) is 4.26. The van der Waals surface area contributed by atoms with Gasteiger partial charge >= 0.3 is 12.2 Å². The van der Waals surface area contributed by atoms with Crippen LogP contribution in [0.1, 0.15) is 23.3 Å². The van der Waals surface area contributed by atoms with Crippen molar-refractivity contribution >= 4 is 29.0 Å². The molecule has 2 heterocycles. The Morgan fingerprint density at radius 2 is 1.61 bits per heavy atom. The lowest BCUT2D eigenvalue weighted by Gasteiger charge is -2.17. The molecule has 196 valence electrons. The molecule has 38 heavy (non-hydrogen) atoms. The van der Waals surface area contributed by atoms with E-state index in [1.54, 1.807) is 36.7 Å². The Kier molecular flexibility index (Phi) is 8.17. The number of aromatic amines is 1. The van der Waals surface area contributed by atoms with E-state index in [0.29, 0.717) is 29.6 Å². The molecule has 11 heteroatoms. The van der Waals surface area contributed by atoms with E-state index in [4.69, 9.17) is 10.2 Å². The molecule has 10 nitrogen and oxygen atoms in total. The van der Waals surface area contributed by atoms with Crippen LogP contribution in [0.2, 0.25) is 0 Å². The second-order valence-electron chi connectivity index (χ2n) is 8.61. The molecule has 0 spiro atoms. The smallest absolute Gasteiger partial charge is 0.404 e. The zero-order chi connectivity index (χ0) is 27.1. The number of hydrogen-bond acceptors (Lipinski definition) is 4. The van der Waals surface area contributed by atoms with Gasteiger partial charge in [0.05, 0.1) is 0 Å². The van der Waals surface area contributed by atoms with Gasteiger partial charge in [-0.15, -0.1) is 0 Å². The highest BCUT2D eigenvalue weighted by Gasteiger charge is 2.21. The SMILES string of the molecule is O=C(O)NCCC[C@@H](CNC(=O)c1[nH]c2cc(-c3ccc(F)cc3)ccc2c1-c1ccncc1)NC(=O)O. The van der Waals surface area contributed by atoms with Gasteiger partial charge in [-0.05, 0) is 59.9 Å². The minimum absolute atomic E-state index is 0.00415. The summed E-state index contributed by atoms with van der Waals surface area (Å²) < 4.78 is 13.4. The normalized spacial score (nSPS) is 11.6. The highest BCUT2D eigenvalue weighted by Crippen LogP contribution is 2.34. The van der Waals surface area contributed by atoms with Crippen molar-refractivity contribution in [1.82, 2.24) is 25.9 Å². The number of hydrogen-bond donors (Lipinski definition) is 6. The highest BCUT2D eigenvalue weighted by atomic mass is 19.1. The molecule has 0 saturated carbocycles. The van der Waals surface area contributed by atoms with Gasteiger partial charge < -0.3 is 31.1 Å². The first-order valence-electron chi connectivity index (χ1n) is 11.9. The van der Waals surface area contributed by atoms with Crippen molar-refractivity contribution < 1.29 is 29.0 Å². The van der Waals surface area contributed by atoms with Crippen molar-refractivity contribution in [3.05, 3.63) is 78.5 Å². The van der Waals surface area contributed by atoms with Crippen molar-refractivity contribution in [2.24, 2.45) is 0 Å². The van der Waals surface area contributed by atoms with Gasteiger partial charge in [-0.3, -0.25) is 9.78 Å². The first-order valence-corrected chi connectivity index (χ1v) is 11.9. The standard InChI is InChI=1S/C27H26FN5O5/c28-19-6-3-16(4-7-19)18-5-8-21-22(14-18)33-24(23(21)17-9-12-29-13-10-17)25(34)31-15-20(32-27(37)38)2-1-11-30-26(35)36/h3-10,12-14,20,30,32-33H,1-2,11,15H2,(H,31,34)(H,35,36)(H,37,38)/t20-/m0/s1. The van der Waals surface area contributed by atoms with E-state index < -0.39 is 24.1 Å². The molecule has 0 aliphatic rings. The lowest BCUT2D eigenvalue weighted by atomic mass is 9.99. The van der Waals surface area contributed by atoms with Crippen molar-refractivity contribution in [2.45, 2.75) is 18.9 Å². The molecule has 3 amide bonds. The second-order valence-corrected chi connectivity index (χ2v) is 8.61. The highest BCUT2D eigenvalue weighted by molar-refractivity contribution is 6.10. The quantitative estimate of drug-likeness (QED) is 0.170. The third-order valence-electron chi connectivity index (χ3n) is 6.01. The minimum Gasteiger partial charge on any atom is -0.465 e. The number of carboxylic acid groups (broad SMARTS) is 2. The molecule has 2 aromatic carbocycles. The summed E-state index contributed by atoms with van der Waals surface area (Å²) in [4.78, 5) is 42.5. The van der Waals surface area contributed by atoms with Gasteiger partial charge in [0.2, 0.25) is 0 Å². The maximum atomic E-state index is 13.4. The van der Waals surface area contributed by atoms with Crippen LogP contribution in [0.25, 0.3) is 33.2 Å². The molecule has 1 atom stereocenters. The summed E-state index contributed by atoms with van der Waals surface area (Å²) in [6.45, 7) is 0.163. The molecule has 0 aliphatic heterocycles. The number of amides is 3. The van der Waals surface area contributed by atoms with Crippen LogP contribution in [0.3, 0.4) is 0 Å². The number of carbonyl (C=O) groups is 3. The molecule has 6 N–H and O–H groups in total. The largest absolute Gasteiger partial charge is 0.465 e. The first kappa shape index (κ1) is 26.1. The number of halogens is 1. The van der Waals surface area contributed by atoms with Gasteiger partial charge in [-0.1, -0.05) is 24.3 Å². The van der Waals surface area contributed by atoms with E-state index in [9.17, 15) is 18.8 Å². The Hall–Kier alpha value is -4.93. The molecule has 0 unspecified atom stereocenters. The van der Waals surface area contributed by atoms with Crippen molar-refractivity contribution in [3.8, 4) is 22.3 Å². The molecule has 4 rings (SSSR count). The number of nitrogens with one attached hydrogen (secondary N) is 4. The van der Waals surface area contributed by atoms with Crippen molar-refractivity contribution in [1.29, 1.82) is 0 Å². The summed E-state index contributed by atoms with van der Waals surface area (Å²) in [6, 6.07) is 14.8. The monoisotopic (exact) mass is 519 g/mol. The number of fused-ring (bicyclic) bond motifs is 1. The maximum absolute atomic E-state index is 13.4. The number of H-pyrrole nitrogens is 1. The molecule has 0 radical (unpaired) electrons. The molecule has 2 aromatic heterocycles. The summed E-state index contributed by atoms with van der Waals surface area (Å²) in [5.74, 6) is -0.764. The Morgan fingerprint density at radius 1 is 0.895 bits per heavy atom. The number of aromatic nitrogens is 2. The maximum Gasteiger partial charge on any atom is 0.404 e. The van der Waals surface area contributed by atoms with E-state index in [1.807, 2.05) is 18.2 Å². The van der Waals surface area contributed by atoms with Gasteiger partial charge in [0.25, 0.3) is 5.91 Å². The average Bonchev–Trinajstić information content (AvgIpc) is 3.29. The van der Waals surface area contributed by atoms with Gasteiger partial charge in [0.1, 0.15) is 11.5 Å². The molecular formula is C27H26FN5O5. The van der Waals surface area contributed by atoms with Gasteiger partial charge in [0.15, 0.2) is 0 Å². The van der Waals surface area contributed by atoms with Crippen molar-refractivity contribution in [3.63, 3.8) is 0 Å². The third-order valence-corrected chi connectivity index (χ3v) is 6.01. The average molecular weight is 520 g/mol. The summed E-state index contributed by atoms with van der Waals surface area (Å²) in [6.07, 6.45) is 1.55. The van der Waals surface area contributed by atoms with Gasteiger partial charge in [0, 0.05) is 48.0 Å². The lowest BCUT2D eigenvalue weighted by molar-refractivity contribution is 0.0944. The molecule has 0 saturated heterocycles. The Bertz CT molecular complexity index is 1440. The van der Waals surface area contributed by atoms with Crippen LogP contribution in [0.15, 0.2) is 67.0 Å². The predicted octanol–water partition coefficient (Wildman–Crippen LogP) is 4.45. The van der Waals surface area contributed by atoms with Crippen LogP contribution in [0.5, 0.6) is 0 Å². The molecular weight excluding hydrogens is 493 g/mol. The minimum atomic E-state index is -1.24. The van der Waals surface area contributed by atoms with Crippen LogP contribution >= 0.6 is 0 Å². The molecule has 0 bridgehead atoms. The van der Waals surface area contributed by atoms with Gasteiger partial charge in [-0.2, -0.15) is 0 Å². The van der Waals surface area contributed by atoms with Gasteiger partial charge in [-0.25, -0.2) is 14.0 Å². The van der Waals surface area contributed by atoms with Crippen LogP contribution in [-0.2, 0) is 0 Å². The van der Waals surface area contributed by atoms with Crippen LogP contribution in [0, 0.1) is 5.82 Å². The van der Waals surface area contributed by atoms with E-state index in [1.165, 1.54) is 12.1 Å². The van der Waals surface area contributed by atoms with Crippen molar-refractivity contribution in [2.75, 3.05) is 13.1 Å². The predicted molar refractivity (Wildman–Crippen MR) is 139 cm³/mol. The molecule has 0 fully saturated rings. The molecule has 4 aromatic rings. The summed E-state index contributed by atoms with van der Waals surface area (Å²) >= 11 is 0. The number of rotatable bonds is 10. The first-order chi connectivity index (χ1) is 18.3. The topological polar surface area (TPSA) is 156 Å². The Labute approximate surface area is 216 Å². The summed E-state index contributed by atoms with van der Waals surface area (Å²) in [5.41, 5.74) is 4.09. The van der Waals surface area contributed by atoms with E-state index in [2.05, 4.69) is 25.9 Å². The van der Waals surface area contributed by atoms with E-state index in [-0.39, 0.29) is 18.9 Å². The lowest BCUT2D eigenvalue weighted by Crippen LogP contribution is -2.43. The Balaban J connectivity index is 1.61. The Morgan fingerprint density at radius 3 is 2.29 bits per heavy atom. The summed E-state index contributed by atoms with van der Waals surface area (Å²) in [5, 5.41) is 26.0. The van der Waals surface area contributed by atoms with Crippen LogP contribution in [0.4, 0.5) is 14.0 Å². The van der Waals surface area contributed by atoms with Crippen LogP contribution < -0.4 is 16.0 Å². The number of carbonyl (C=O) groups excluding carboxylic acids is 1. The summed E-state index contributed by atoms with van der Waals surface area (Å²) in [7, 11) is 0. The van der Waals surface area contributed by atoms with Crippen LogP contribution in [-0.4, -0.2) is 57.4 Å². The third kappa shape index (κ3) is 6.44. The fourth-order valence-electron chi connectivity index (χ4n) is 4.26. The second kappa shape index (κ2) is 11.9. The zero-order valence-corrected chi connectivity index (χ0v) is 20.2. The number of nitrogens with zero attached hydrogens (tertiary/aromatic N) is 1. The molecule has 0 aliphatic carbocycles. The fraction of sp³-hybridized carbons (Fsp3) is 0.185. The number of benzene rings is 2. The number of pyridine rings is 1. The van der Waals surface area contributed by atoms with E-state index in [0.717, 1.165) is 22.1 Å². The zero-order valence-electron chi connectivity index (χ0n) is 20.2. The van der Waals surface area contributed by atoms with E-state index >= 15 is 0 Å².